The molecule has 1 aliphatic rings. The van der Waals surface area contributed by atoms with Crippen molar-refractivity contribution < 1.29 is 9.59 Å². The average Bonchev–Trinajstić information content (AvgIpc) is 2.78. The number of hydrogen-bond donors (Lipinski definition) is 1. The lowest BCUT2D eigenvalue weighted by molar-refractivity contribution is -0.138. The summed E-state index contributed by atoms with van der Waals surface area (Å²) in [5.74, 6) is -0.531. The van der Waals surface area contributed by atoms with Gasteiger partial charge in [-0.15, -0.1) is 0 Å². The number of aryl methyl sites for hydroxylation is 2. The van der Waals surface area contributed by atoms with Crippen LogP contribution in [0.4, 0.5) is 5.69 Å². The van der Waals surface area contributed by atoms with Gasteiger partial charge in [-0.25, -0.2) is 0 Å². The van der Waals surface area contributed by atoms with E-state index in [0.717, 1.165) is 22.4 Å². The first-order chi connectivity index (χ1) is 11.9. The molecule has 0 aliphatic carbocycles. The van der Waals surface area contributed by atoms with Crippen molar-refractivity contribution in [3.05, 3.63) is 70.9 Å². The number of carbonyl (C=O) groups excluding carboxylic acids is 2. The van der Waals surface area contributed by atoms with E-state index in [4.69, 9.17) is 0 Å². The van der Waals surface area contributed by atoms with Crippen molar-refractivity contribution in [2.75, 3.05) is 5.32 Å². The number of carbonyl (C=O) groups is 2. The molecule has 0 saturated heterocycles. The summed E-state index contributed by atoms with van der Waals surface area (Å²) in [5.41, 5.74) is 4.53. The minimum absolute atomic E-state index is 0.197. The molecule has 2 aromatic rings. The minimum Gasteiger partial charge on any atom is -0.350 e. The molecular formula is C21H22N2O2. The van der Waals surface area contributed by atoms with Gasteiger partial charge in [0.2, 0.25) is 0 Å². The van der Waals surface area contributed by atoms with Crippen LogP contribution in [-0.4, -0.2) is 22.8 Å². The lowest BCUT2D eigenvalue weighted by Crippen LogP contribution is -2.38. The molecule has 2 aromatic carbocycles. The number of rotatable bonds is 4. The summed E-state index contributed by atoms with van der Waals surface area (Å²) in [6.45, 7) is 7.70. The molecule has 0 unspecified atom stereocenters. The van der Waals surface area contributed by atoms with Gasteiger partial charge >= 0.3 is 0 Å². The van der Waals surface area contributed by atoms with Crippen molar-refractivity contribution in [3.8, 4) is 0 Å². The second kappa shape index (κ2) is 6.55. The number of imide groups is 1. The highest BCUT2D eigenvalue weighted by molar-refractivity contribution is 6.36. The van der Waals surface area contributed by atoms with Gasteiger partial charge in [-0.2, -0.15) is 0 Å². The van der Waals surface area contributed by atoms with E-state index in [2.05, 4.69) is 11.4 Å². The summed E-state index contributed by atoms with van der Waals surface area (Å²) >= 11 is 0. The molecule has 4 heteroatoms. The van der Waals surface area contributed by atoms with Crippen LogP contribution >= 0.6 is 0 Å². The maximum absolute atomic E-state index is 12.9. The topological polar surface area (TPSA) is 49.4 Å². The van der Waals surface area contributed by atoms with E-state index in [1.54, 1.807) is 0 Å². The number of amides is 2. The molecule has 2 amide bonds. The predicted octanol–water partition coefficient (Wildman–Crippen LogP) is 3.90. The summed E-state index contributed by atoms with van der Waals surface area (Å²) in [4.78, 5) is 27.1. The maximum Gasteiger partial charge on any atom is 0.278 e. The normalized spacial score (nSPS) is 14.7. The van der Waals surface area contributed by atoms with Crippen molar-refractivity contribution in [2.24, 2.45) is 0 Å². The molecule has 4 nitrogen and oxygen atoms in total. The Morgan fingerprint density at radius 2 is 1.48 bits per heavy atom. The molecule has 0 atom stereocenters. The lowest BCUT2D eigenvalue weighted by Gasteiger charge is -2.19. The fourth-order valence-electron chi connectivity index (χ4n) is 3.20. The SMILES string of the molecule is Cc1cc(C)cc(NC2=C(c3ccccc3)C(=O)N(C(C)C)C2=O)c1. The molecule has 3 rings (SSSR count). The summed E-state index contributed by atoms with van der Waals surface area (Å²) < 4.78 is 0. The van der Waals surface area contributed by atoms with Gasteiger partial charge in [0.15, 0.2) is 0 Å². The summed E-state index contributed by atoms with van der Waals surface area (Å²) in [6.07, 6.45) is 0. The van der Waals surface area contributed by atoms with Crippen molar-refractivity contribution in [3.63, 3.8) is 0 Å². The molecule has 0 aromatic heterocycles. The number of nitrogens with zero attached hydrogens (tertiary/aromatic N) is 1. The maximum atomic E-state index is 12.9. The zero-order chi connectivity index (χ0) is 18.1. The monoisotopic (exact) mass is 334 g/mol. The Hall–Kier alpha value is -2.88. The first-order valence-electron chi connectivity index (χ1n) is 8.41. The van der Waals surface area contributed by atoms with Gasteiger partial charge < -0.3 is 5.32 Å². The highest BCUT2D eigenvalue weighted by Gasteiger charge is 2.40. The van der Waals surface area contributed by atoms with Crippen LogP contribution in [0.25, 0.3) is 5.57 Å². The fraction of sp³-hybridized carbons (Fsp3) is 0.238. The van der Waals surface area contributed by atoms with E-state index >= 15 is 0 Å². The van der Waals surface area contributed by atoms with Crippen LogP contribution in [0.3, 0.4) is 0 Å². The van der Waals surface area contributed by atoms with Gasteiger partial charge in [0.05, 0.1) is 5.57 Å². The third-order valence-corrected chi connectivity index (χ3v) is 4.19. The third-order valence-electron chi connectivity index (χ3n) is 4.19. The van der Waals surface area contributed by atoms with Gasteiger partial charge in [-0.3, -0.25) is 14.5 Å². The summed E-state index contributed by atoms with van der Waals surface area (Å²) in [7, 11) is 0. The minimum atomic E-state index is -0.280. The van der Waals surface area contributed by atoms with Gasteiger partial charge in [0, 0.05) is 11.7 Å². The smallest absolute Gasteiger partial charge is 0.278 e. The Bertz CT molecular complexity index is 846. The zero-order valence-corrected chi connectivity index (χ0v) is 15.0. The van der Waals surface area contributed by atoms with Crippen LogP contribution in [0.1, 0.15) is 30.5 Å². The van der Waals surface area contributed by atoms with Gasteiger partial charge in [0.25, 0.3) is 11.8 Å². The second-order valence-electron chi connectivity index (χ2n) is 6.69. The Morgan fingerprint density at radius 3 is 2.04 bits per heavy atom. The van der Waals surface area contributed by atoms with E-state index in [1.807, 2.05) is 70.2 Å². The van der Waals surface area contributed by atoms with Crippen LogP contribution in [0.5, 0.6) is 0 Å². The van der Waals surface area contributed by atoms with Crippen molar-refractivity contribution in [1.82, 2.24) is 4.90 Å². The van der Waals surface area contributed by atoms with Crippen LogP contribution in [0, 0.1) is 13.8 Å². The number of anilines is 1. The fourth-order valence-corrected chi connectivity index (χ4v) is 3.20. The summed E-state index contributed by atoms with van der Waals surface area (Å²) in [6, 6.07) is 15.1. The Kier molecular flexibility index (Phi) is 4.45. The molecule has 0 spiro atoms. The van der Waals surface area contributed by atoms with Crippen LogP contribution in [-0.2, 0) is 9.59 Å². The van der Waals surface area contributed by atoms with Gasteiger partial charge in [-0.1, -0.05) is 36.4 Å². The third kappa shape index (κ3) is 3.20. The molecule has 1 heterocycles. The largest absolute Gasteiger partial charge is 0.350 e. The molecule has 0 fully saturated rings. The first kappa shape index (κ1) is 17.0. The van der Waals surface area contributed by atoms with E-state index < -0.39 is 0 Å². The Labute approximate surface area is 148 Å². The van der Waals surface area contributed by atoms with E-state index in [-0.39, 0.29) is 17.9 Å². The van der Waals surface area contributed by atoms with Gasteiger partial charge in [0.1, 0.15) is 5.70 Å². The molecule has 0 saturated carbocycles. The highest BCUT2D eigenvalue weighted by atomic mass is 16.2. The number of nitrogens with one attached hydrogen (secondary N) is 1. The van der Waals surface area contributed by atoms with Gasteiger partial charge in [-0.05, 0) is 56.5 Å². The Morgan fingerprint density at radius 1 is 0.880 bits per heavy atom. The predicted molar refractivity (Wildman–Crippen MR) is 99.9 cm³/mol. The first-order valence-corrected chi connectivity index (χ1v) is 8.41. The number of benzene rings is 2. The standard InChI is InChI=1S/C21H22N2O2/c1-13(2)23-20(24)18(16-8-6-5-7-9-16)19(21(23)25)22-17-11-14(3)10-15(4)12-17/h5-13,22H,1-4H3. The molecular weight excluding hydrogens is 312 g/mol. The van der Waals surface area contributed by atoms with Crippen molar-refractivity contribution in [2.45, 2.75) is 33.7 Å². The highest BCUT2D eigenvalue weighted by Crippen LogP contribution is 2.31. The van der Waals surface area contributed by atoms with E-state index in [9.17, 15) is 9.59 Å². The quantitative estimate of drug-likeness (QED) is 0.863. The Balaban J connectivity index is 2.11. The van der Waals surface area contributed by atoms with E-state index in [0.29, 0.717) is 11.3 Å². The molecule has 1 aliphatic heterocycles. The van der Waals surface area contributed by atoms with Crippen LogP contribution in [0.2, 0.25) is 0 Å². The molecule has 0 radical (unpaired) electrons. The molecule has 1 N–H and O–H groups in total. The van der Waals surface area contributed by atoms with Crippen molar-refractivity contribution >= 4 is 23.1 Å². The second-order valence-corrected chi connectivity index (χ2v) is 6.69. The van der Waals surface area contributed by atoms with Crippen LogP contribution in [0.15, 0.2) is 54.2 Å². The molecule has 0 bridgehead atoms. The molecule has 25 heavy (non-hydrogen) atoms. The van der Waals surface area contributed by atoms with E-state index in [1.165, 1.54) is 4.90 Å². The van der Waals surface area contributed by atoms with Crippen molar-refractivity contribution in [1.29, 1.82) is 0 Å². The van der Waals surface area contributed by atoms with Crippen LogP contribution < -0.4 is 5.32 Å². The lowest BCUT2D eigenvalue weighted by atomic mass is 10.0. The zero-order valence-electron chi connectivity index (χ0n) is 15.0. The average molecular weight is 334 g/mol. The molecule has 128 valence electrons. The number of hydrogen-bond acceptors (Lipinski definition) is 3. The summed E-state index contributed by atoms with van der Waals surface area (Å²) in [5, 5.41) is 3.20.